The number of aliphatic carboxylic acids is 1. The first kappa shape index (κ1) is 20.7. The van der Waals surface area contributed by atoms with Gasteiger partial charge in [0.25, 0.3) is 0 Å². The van der Waals surface area contributed by atoms with Crippen molar-refractivity contribution < 1.29 is 27.9 Å². The number of rotatable bonds is 5. The fraction of sp³-hybridized carbons (Fsp3) is 0.167. The Labute approximate surface area is 176 Å². The average Bonchev–Trinajstić information content (AvgIpc) is 3.07. The van der Waals surface area contributed by atoms with Crippen LogP contribution in [0.25, 0.3) is 11.1 Å². The van der Waals surface area contributed by atoms with Crippen LogP contribution in [0.1, 0.15) is 28.2 Å². The Kier molecular flexibility index (Phi) is 5.27. The number of carboxylic acid groups (broad SMARTS) is 1. The van der Waals surface area contributed by atoms with Crippen LogP contribution in [0.5, 0.6) is 0 Å². The van der Waals surface area contributed by atoms with Gasteiger partial charge in [-0.15, -0.1) is 0 Å². The summed E-state index contributed by atoms with van der Waals surface area (Å²) in [6.07, 6.45) is -4.80. The van der Waals surface area contributed by atoms with E-state index in [9.17, 15) is 27.9 Å². The van der Waals surface area contributed by atoms with Gasteiger partial charge in [0.15, 0.2) is 0 Å². The Morgan fingerprint density at radius 3 is 2.03 bits per heavy atom. The number of halogens is 3. The quantitative estimate of drug-likeness (QED) is 0.627. The number of carbonyl (C=O) groups is 2. The zero-order valence-electron chi connectivity index (χ0n) is 16.2. The maximum Gasteiger partial charge on any atom is 0.416 e. The van der Waals surface area contributed by atoms with E-state index in [1.54, 1.807) is 0 Å². The lowest BCUT2D eigenvalue weighted by Gasteiger charge is -2.19. The second-order valence-corrected chi connectivity index (χ2v) is 7.41. The van der Waals surface area contributed by atoms with E-state index in [-0.39, 0.29) is 12.0 Å². The van der Waals surface area contributed by atoms with Crippen molar-refractivity contribution in [2.24, 2.45) is 0 Å². The fourth-order valence-corrected chi connectivity index (χ4v) is 4.00. The Morgan fingerprint density at radius 1 is 0.903 bits per heavy atom. The molecule has 1 aliphatic rings. The fourth-order valence-electron chi connectivity index (χ4n) is 4.00. The molecular formula is C24H18F3NO3. The Bertz CT molecular complexity index is 1110. The van der Waals surface area contributed by atoms with Crippen LogP contribution in [0.15, 0.2) is 72.8 Å². The molecule has 0 saturated heterocycles. The number of alkyl halides is 3. The highest BCUT2D eigenvalue weighted by Gasteiger charge is 2.35. The highest BCUT2D eigenvalue weighted by Crippen LogP contribution is 2.44. The third-order valence-corrected chi connectivity index (χ3v) is 5.40. The molecule has 4 nitrogen and oxygen atoms in total. The van der Waals surface area contributed by atoms with Gasteiger partial charge >= 0.3 is 12.1 Å². The number of carboxylic acids is 1. The molecule has 0 aliphatic heterocycles. The molecule has 0 heterocycles. The molecule has 3 aromatic carbocycles. The summed E-state index contributed by atoms with van der Waals surface area (Å²) in [6, 6.07) is 17.9. The van der Waals surface area contributed by atoms with Crippen LogP contribution in [0.4, 0.5) is 13.2 Å². The molecule has 0 bridgehead atoms. The van der Waals surface area contributed by atoms with Crippen molar-refractivity contribution in [3.05, 3.63) is 95.1 Å². The van der Waals surface area contributed by atoms with Gasteiger partial charge < -0.3 is 10.4 Å². The molecule has 3 aromatic rings. The van der Waals surface area contributed by atoms with E-state index in [4.69, 9.17) is 0 Å². The van der Waals surface area contributed by atoms with Gasteiger partial charge in [-0.2, -0.15) is 13.2 Å². The van der Waals surface area contributed by atoms with Crippen LogP contribution in [0, 0.1) is 0 Å². The van der Waals surface area contributed by atoms with Crippen molar-refractivity contribution in [1.82, 2.24) is 5.32 Å². The second-order valence-electron chi connectivity index (χ2n) is 7.41. The summed E-state index contributed by atoms with van der Waals surface area (Å²) in [5.74, 6) is -2.50. The highest BCUT2D eigenvalue weighted by molar-refractivity contribution is 5.97. The molecule has 2 N–H and O–H groups in total. The van der Waals surface area contributed by atoms with E-state index >= 15 is 0 Å². The van der Waals surface area contributed by atoms with Crippen LogP contribution in [-0.4, -0.2) is 23.0 Å². The third-order valence-electron chi connectivity index (χ3n) is 5.40. The maximum atomic E-state index is 13.1. The molecule has 0 unspecified atom stereocenters. The van der Waals surface area contributed by atoms with Gasteiger partial charge in [0.2, 0.25) is 5.91 Å². The number of nitrogens with one attached hydrogen (secondary N) is 1. The number of benzene rings is 3. The molecule has 31 heavy (non-hydrogen) atoms. The molecule has 0 aromatic heterocycles. The van der Waals surface area contributed by atoms with Crippen molar-refractivity contribution in [2.45, 2.75) is 24.6 Å². The van der Waals surface area contributed by atoms with Gasteiger partial charge in [0, 0.05) is 6.42 Å². The standard InChI is InChI=1S/C24H18F3NO3/c25-24(26,27)15-7-5-6-14(12-15)13-20(23(30)31)28-22(29)21-18-10-3-1-8-16(18)17-9-2-4-11-19(17)21/h1-12,20-21H,13H2,(H,28,29)(H,30,31)/t20-/m1/s1. The smallest absolute Gasteiger partial charge is 0.416 e. The molecular weight excluding hydrogens is 407 g/mol. The number of amides is 1. The Balaban J connectivity index is 1.60. The van der Waals surface area contributed by atoms with Crippen LogP contribution in [-0.2, 0) is 22.2 Å². The third kappa shape index (κ3) is 4.03. The van der Waals surface area contributed by atoms with Crippen LogP contribution >= 0.6 is 0 Å². The maximum absolute atomic E-state index is 13.1. The first-order valence-corrected chi connectivity index (χ1v) is 9.63. The lowest BCUT2D eigenvalue weighted by Crippen LogP contribution is -2.44. The summed E-state index contributed by atoms with van der Waals surface area (Å²) in [5, 5.41) is 12.1. The summed E-state index contributed by atoms with van der Waals surface area (Å²) in [4.78, 5) is 24.9. The van der Waals surface area contributed by atoms with Crippen molar-refractivity contribution in [3.63, 3.8) is 0 Å². The van der Waals surface area contributed by atoms with E-state index in [1.807, 2.05) is 48.5 Å². The lowest BCUT2D eigenvalue weighted by molar-refractivity contribution is -0.141. The largest absolute Gasteiger partial charge is 0.480 e. The highest BCUT2D eigenvalue weighted by atomic mass is 19.4. The minimum Gasteiger partial charge on any atom is -0.480 e. The number of hydrogen-bond acceptors (Lipinski definition) is 2. The summed E-state index contributed by atoms with van der Waals surface area (Å²) in [5.41, 5.74) is 2.66. The molecule has 4 rings (SSSR count). The number of carbonyl (C=O) groups excluding carboxylic acids is 1. The molecule has 1 aliphatic carbocycles. The zero-order valence-corrected chi connectivity index (χ0v) is 16.2. The van der Waals surface area contributed by atoms with Crippen molar-refractivity contribution in [3.8, 4) is 11.1 Å². The van der Waals surface area contributed by atoms with Crippen molar-refractivity contribution in [1.29, 1.82) is 0 Å². The van der Waals surface area contributed by atoms with Crippen LogP contribution in [0.3, 0.4) is 0 Å². The molecule has 158 valence electrons. The van der Waals surface area contributed by atoms with E-state index < -0.39 is 35.6 Å². The molecule has 0 spiro atoms. The Morgan fingerprint density at radius 2 is 1.48 bits per heavy atom. The number of fused-ring (bicyclic) bond motifs is 3. The topological polar surface area (TPSA) is 66.4 Å². The first-order valence-electron chi connectivity index (χ1n) is 9.63. The lowest BCUT2D eigenvalue weighted by atomic mass is 9.95. The predicted molar refractivity (Wildman–Crippen MR) is 108 cm³/mol. The molecule has 0 fully saturated rings. The number of hydrogen-bond donors (Lipinski definition) is 2. The monoisotopic (exact) mass is 425 g/mol. The van der Waals surface area contributed by atoms with Gasteiger partial charge in [-0.3, -0.25) is 4.79 Å². The van der Waals surface area contributed by atoms with E-state index in [2.05, 4.69) is 5.32 Å². The summed E-state index contributed by atoms with van der Waals surface area (Å²) in [6.45, 7) is 0. The van der Waals surface area contributed by atoms with Crippen LogP contribution in [0.2, 0.25) is 0 Å². The normalized spacial score (nSPS) is 13.9. The minimum absolute atomic E-state index is 0.176. The molecule has 0 radical (unpaired) electrons. The van der Waals surface area contributed by atoms with E-state index in [0.717, 1.165) is 34.4 Å². The molecule has 7 heteroatoms. The zero-order chi connectivity index (χ0) is 22.2. The van der Waals surface area contributed by atoms with Crippen LogP contribution < -0.4 is 5.32 Å². The SMILES string of the molecule is O=C(N[C@H](Cc1cccc(C(F)(F)F)c1)C(=O)O)C1c2ccccc2-c2ccccc21. The first-order chi connectivity index (χ1) is 14.8. The van der Waals surface area contributed by atoms with Crippen molar-refractivity contribution >= 4 is 11.9 Å². The summed E-state index contributed by atoms with van der Waals surface area (Å²) < 4.78 is 38.9. The van der Waals surface area contributed by atoms with Crippen molar-refractivity contribution in [2.75, 3.05) is 0 Å². The molecule has 1 amide bonds. The second kappa shape index (κ2) is 7.91. The van der Waals surface area contributed by atoms with Gasteiger partial charge in [-0.25, -0.2) is 4.79 Å². The minimum atomic E-state index is -4.53. The average molecular weight is 425 g/mol. The van der Waals surface area contributed by atoms with Gasteiger partial charge in [-0.1, -0.05) is 66.7 Å². The predicted octanol–water partition coefficient (Wildman–Crippen LogP) is 4.63. The van der Waals surface area contributed by atoms with Gasteiger partial charge in [0.05, 0.1) is 11.5 Å². The summed E-state index contributed by atoms with van der Waals surface area (Å²) in [7, 11) is 0. The van der Waals surface area contributed by atoms with E-state index in [1.165, 1.54) is 12.1 Å². The van der Waals surface area contributed by atoms with E-state index in [0.29, 0.717) is 0 Å². The van der Waals surface area contributed by atoms with Gasteiger partial charge in [0.1, 0.15) is 6.04 Å². The molecule has 0 saturated carbocycles. The molecule has 1 atom stereocenters. The summed E-state index contributed by atoms with van der Waals surface area (Å²) >= 11 is 0. The Hall–Kier alpha value is -3.61. The van der Waals surface area contributed by atoms with Gasteiger partial charge in [-0.05, 0) is 33.9 Å².